The van der Waals surface area contributed by atoms with Crippen molar-refractivity contribution in [3.63, 3.8) is 0 Å². The molecule has 0 radical (unpaired) electrons. The molecule has 0 aromatic rings. The third-order valence-corrected chi connectivity index (χ3v) is 2.26. The summed E-state index contributed by atoms with van der Waals surface area (Å²) in [6.07, 6.45) is 3.35. The molecule has 2 rings (SSSR count). The predicted octanol–water partition coefficient (Wildman–Crippen LogP) is 1.28. The predicted molar refractivity (Wildman–Crippen MR) is 58.9 cm³/mol. The molecule has 2 aliphatic rings. The zero-order valence-corrected chi connectivity index (χ0v) is 8.49. The lowest BCUT2D eigenvalue weighted by Gasteiger charge is -1.89. The van der Waals surface area contributed by atoms with Gasteiger partial charge in [0.2, 0.25) is 0 Å². The van der Waals surface area contributed by atoms with Gasteiger partial charge in [0.15, 0.2) is 11.6 Å². The highest BCUT2D eigenvalue weighted by Gasteiger charge is 2.26. The molecule has 0 heterocycles. The second-order valence-corrected chi connectivity index (χ2v) is 3.73. The minimum Gasteiger partial charge on any atom is -0.299 e. The maximum absolute atomic E-state index is 10.6. The van der Waals surface area contributed by atoms with E-state index in [-0.39, 0.29) is 49.3 Å². The molecule has 0 spiro atoms. The van der Waals surface area contributed by atoms with Crippen molar-refractivity contribution in [1.82, 2.24) is 0 Å². The van der Waals surface area contributed by atoms with E-state index in [0.717, 1.165) is 0 Å². The zero-order chi connectivity index (χ0) is 11.4. The first kappa shape index (κ1) is 14.4. The number of hydrogen-bond donors (Lipinski definition) is 0. The summed E-state index contributed by atoms with van der Waals surface area (Å²) >= 11 is 0. The maximum Gasteiger partial charge on any atom is 0.163 e. The molecule has 0 aliphatic heterocycles. The van der Waals surface area contributed by atoms with Gasteiger partial charge in [0.05, 0.1) is 12.8 Å². The van der Waals surface area contributed by atoms with Gasteiger partial charge in [-0.1, -0.05) is 14.4 Å². The van der Waals surface area contributed by atoms with Crippen LogP contribution in [-0.2, 0) is 19.2 Å². The number of allylic oxidation sites excluding steroid dienone is 2. The van der Waals surface area contributed by atoms with Gasteiger partial charge in [-0.3, -0.25) is 19.2 Å². The topological polar surface area (TPSA) is 68.3 Å². The summed E-state index contributed by atoms with van der Waals surface area (Å²) in [5.41, 5.74) is 0. The lowest BCUT2D eigenvalue weighted by Crippen LogP contribution is -1.98. The van der Waals surface area contributed by atoms with Crippen LogP contribution in [0.1, 0.15) is 33.6 Å². The summed E-state index contributed by atoms with van der Waals surface area (Å²) in [7, 11) is 0. The van der Waals surface area contributed by atoms with Crippen LogP contribution in [0.5, 0.6) is 0 Å². The van der Waals surface area contributed by atoms with E-state index in [0.29, 0.717) is 6.42 Å². The van der Waals surface area contributed by atoms with Gasteiger partial charge < -0.3 is 0 Å². The van der Waals surface area contributed by atoms with Crippen LogP contribution in [0.2, 0.25) is 0 Å². The van der Waals surface area contributed by atoms with E-state index < -0.39 is 0 Å². The fourth-order valence-corrected chi connectivity index (χ4v) is 1.37. The van der Waals surface area contributed by atoms with Crippen molar-refractivity contribution in [2.45, 2.75) is 33.6 Å². The minimum atomic E-state index is -0.0787. The molecule has 4 nitrogen and oxygen atoms in total. The average Bonchev–Trinajstić information content (AvgIpc) is 2.61. The first-order chi connectivity index (χ1) is 6.99. The van der Waals surface area contributed by atoms with E-state index in [9.17, 15) is 19.2 Å². The van der Waals surface area contributed by atoms with Gasteiger partial charge >= 0.3 is 0 Å². The molecule has 16 heavy (non-hydrogen) atoms. The van der Waals surface area contributed by atoms with E-state index in [1.807, 2.05) is 0 Å². The van der Waals surface area contributed by atoms with Crippen LogP contribution in [-0.4, -0.2) is 23.1 Å². The van der Waals surface area contributed by atoms with E-state index in [1.165, 1.54) is 12.2 Å². The molecule has 0 aromatic carbocycles. The van der Waals surface area contributed by atoms with E-state index in [4.69, 9.17) is 0 Å². The first-order valence-corrected chi connectivity index (χ1v) is 4.77. The lowest BCUT2D eigenvalue weighted by molar-refractivity contribution is -0.123. The van der Waals surface area contributed by atoms with Gasteiger partial charge in [0.25, 0.3) is 0 Å². The van der Waals surface area contributed by atoms with Gasteiger partial charge in [-0.05, 0) is 12.2 Å². The monoisotopic (exact) mass is 224 g/mol. The lowest BCUT2D eigenvalue weighted by atomic mass is 10.1. The second-order valence-electron chi connectivity index (χ2n) is 3.73. The van der Waals surface area contributed by atoms with Crippen LogP contribution < -0.4 is 0 Å². The summed E-state index contributed by atoms with van der Waals surface area (Å²) < 4.78 is 0. The van der Waals surface area contributed by atoms with Crippen LogP contribution >= 0.6 is 0 Å². The third kappa shape index (κ3) is 4.29. The molecule has 0 N–H and O–H groups in total. The number of carbonyl (C=O) groups excluding carboxylic acids is 4. The van der Waals surface area contributed by atoms with Crippen molar-refractivity contribution in [2.75, 3.05) is 0 Å². The number of rotatable bonds is 0. The molecule has 0 saturated heterocycles. The Labute approximate surface area is 94.7 Å². The highest BCUT2D eigenvalue weighted by molar-refractivity contribution is 6.16. The normalized spacial score (nSPS) is 22.9. The molecule has 4 heteroatoms. The summed E-state index contributed by atoms with van der Waals surface area (Å²) in [6, 6.07) is 0. The quantitative estimate of drug-likeness (QED) is 0.581. The number of ketones is 4. The fraction of sp³-hybridized carbons (Fsp3) is 0.500. The van der Waals surface area contributed by atoms with Crippen molar-refractivity contribution in [3.8, 4) is 0 Å². The van der Waals surface area contributed by atoms with Crippen molar-refractivity contribution in [3.05, 3.63) is 12.2 Å². The Bertz CT molecular complexity index is 336. The van der Waals surface area contributed by atoms with Crippen LogP contribution in [0.4, 0.5) is 0 Å². The number of carbonyl (C=O) groups is 4. The fourth-order valence-electron chi connectivity index (χ4n) is 1.37. The summed E-state index contributed by atoms with van der Waals surface area (Å²) in [5, 5.41) is 0. The van der Waals surface area contributed by atoms with Crippen molar-refractivity contribution >= 4 is 23.1 Å². The van der Waals surface area contributed by atoms with E-state index >= 15 is 0 Å². The number of hydrogen-bond acceptors (Lipinski definition) is 4. The Morgan fingerprint density at radius 2 is 1.50 bits per heavy atom. The highest BCUT2D eigenvalue weighted by atomic mass is 16.2. The number of Topliss-reactive ketones (excluding diaryl/α,β-unsaturated/α-hetero) is 2. The summed E-state index contributed by atoms with van der Waals surface area (Å²) in [4.78, 5) is 41.3. The first-order valence-electron chi connectivity index (χ1n) is 4.77. The highest BCUT2D eigenvalue weighted by Crippen LogP contribution is 2.16. The molecule has 0 bridgehead atoms. The Morgan fingerprint density at radius 1 is 1.00 bits per heavy atom. The molecule has 1 atom stereocenters. The third-order valence-electron chi connectivity index (χ3n) is 2.26. The van der Waals surface area contributed by atoms with Crippen molar-refractivity contribution < 1.29 is 19.2 Å². The zero-order valence-electron chi connectivity index (χ0n) is 8.49. The average molecular weight is 224 g/mol. The van der Waals surface area contributed by atoms with Crippen LogP contribution in [0, 0.1) is 5.92 Å². The minimum absolute atomic E-state index is 0. The van der Waals surface area contributed by atoms with Crippen LogP contribution in [0.15, 0.2) is 12.2 Å². The van der Waals surface area contributed by atoms with Crippen LogP contribution in [0.25, 0.3) is 0 Å². The molecule has 0 aromatic heterocycles. The van der Waals surface area contributed by atoms with Gasteiger partial charge in [0.1, 0.15) is 11.6 Å². The summed E-state index contributed by atoms with van der Waals surface area (Å²) in [5.74, 6) is 0.0509. The van der Waals surface area contributed by atoms with Gasteiger partial charge in [-0.25, -0.2) is 0 Å². The standard InChI is InChI=1S/C6H8O2.C5H4O2.CH4/c1-4-2-5(7)3-6(4)8;6-4-1-2-5(7)3-4;/h4H,2-3H2,1H3;1-2H,3H2;1H4. The SMILES string of the molecule is C.CC1CC(=O)CC1=O.O=C1C=CC(=O)C1. The molecular weight excluding hydrogens is 208 g/mol. The Morgan fingerprint density at radius 3 is 1.62 bits per heavy atom. The van der Waals surface area contributed by atoms with Gasteiger partial charge in [0, 0.05) is 12.3 Å². The second kappa shape index (κ2) is 6.10. The molecule has 1 saturated carbocycles. The Kier molecular flexibility index (Phi) is 5.50. The van der Waals surface area contributed by atoms with Gasteiger partial charge in [-0.15, -0.1) is 0 Å². The van der Waals surface area contributed by atoms with Crippen LogP contribution in [0.3, 0.4) is 0 Å². The molecule has 1 unspecified atom stereocenters. The smallest absolute Gasteiger partial charge is 0.163 e. The van der Waals surface area contributed by atoms with Crippen molar-refractivity contribution in [1.29, 1.82) is 0 Å². The largest absolute Gasteiger partial charge is 0.299 e. The van der Waals surface area contributed by atoms with E-state index in [2.05, 4.69) is 0 Å². The Balaban J connectivity index is 0.000000267. The van der Waals surface area contributed by atoms with E-state index in [1.54, 1.807) is 6.92 Å². The van der Waals surface area contributed by atoms with Crippen molar-refractivity contribution in [2.24, 2.45) is 5.92 Å². The molecule has 1 fully saturated rings. The maximum atomic E-state index is 10.6. The molecule has 2 aliphatic carbocycles. The van der Waals surface area contributed by atoms with Gasteiger partial charge in [-0.2, -0.15) is 0 Å². The Hall–Kier alpha value is -1.58. The molecular formula is C12H16O4. The molecule has 88 valence electrons. The molecule has 0 amide bonds. The summed E-state index contributed by atoms with van der Waals surface area (Å²) in [6.45, 7) is 1.80.